The highest BCUT2D eigenvalue weighted by atomic mass is 16.4. The largest absolute Gasteiger partial charge is 0.508 e. The molecule has 226 valence electrons. The SMILES string of the molecule is CC1c2ccc(NC(=O)CNCC3CCC3)c(O)c2C(O)=C2C(=O)[C@]3(O)C(O)=C(C(N)=O)C(=O)[C@@H](N(C)C)C3C(O)C21. The maximum atomic E-state index is 14.0. The quantitative estimate of drug-likeness (QED) is 0.155. The standard InChI is InChI=1S/C29H36N4O9/c1-11-13-7-8-14(32-15(34)10-31-9-12-5-4-6-12)22(35)17(13)23(36)18-16(11)24(37)20-21(33(2)3)25(38)19(28(30)41)27(40)29(20,42)26(18)39/h7-8,11-12,16,20-21,24,31,35-37,40,42H,4-6,9-10H2,1-3H3,(H2,30,41)(H,32,34)/t11?,16?,20?,21-,24?,29-/m0/s1. The van der Waals surface area contributed by atoms with Crippen LogP contribution in [0, 0.1) is 17.8 Å². The van der Waals surface area contributed by atoms with E-state index in [9.17, 15) is 44.7 Å². The highest BCUT2D eigenvalue weighted by Crippen LogP contribution is 2.56. The van der Waals surface area contributed by atoms with E-state index in [1.165, 1.54) is 31.5 Å². The second-order valence-corrected chi connectivity index (χ2v) is 12.0. The van der Waals surface area contributed by atoms with Crippen LogP contribution in [0.2, 0.25) is 0 Å². The van der Waals surface area contributed by atoms with Gasteiger partial charge in [0.1, 0.15) is 22.8 Å². The number of aromatic hydroxyl groups is 1. The van der Waals surface area contributed by atoms with Gasteiger partial charge < -0.3 is 41.9 Å². The predicted molar refractivity (Wildman–Crippen MR) is 149 cm³/mol. The average molecular weight is 585 g/mol. The molecule has 4 unspecified atom stereocenters. The van der Waals surface area contributed by atoms with Gasteiger partial charge in [-0.15, -0.1) is 0 Å². The van der Waals surface area contributed by atoms with Gasteiger partial charge in [0.25, 0.3) is 5.91 Å². The number of rotatable bonds is 7. The second-order valence-electron chi connectivity index (χ2n) is 12.0. The molecule has 0 heterocycles. The van der Waals surface area contributed by atoms with Crippen LogP contribution in [0.15, 0.2) is 29.0 Å². The number of Topliss-reactive ketones (excluding diaryl/α,β-unsaturated/α-hetero) is 2. The van der Waals surface area contributed by atoms with Gasteiger partial charge in [0.05, 0.1) is 35.9 Å². The molecule has 0 aliphatic heterocycles. The van der Waals surface area contributed by atoms with Crippen molar-refractivity contribution >= 4 is 34.8 Å². The number of nitrogens with one attached hydrogen (secondary N) is 2. The number of aliphatic hydroxyl groups excluding tert-OH is 3. The van der Waals surface area contributed by atoms with Gasteiger partial charge in [-0.05, 0) is 56.9 Å². The minimum Gasteiger partial charge on any atom is -0.508 e. The number of anilines is 1. The Morgan fingerprint density at radius 1 is 1.14 bits per heavy atom. The van der Waals surface area contributed by atoms with Crippen LogP contribution >= 0.6 is 0 Å². The number of hydrogen-bond donors (Lipinski definition) is 8. The van der Waals surface area contributed by atoms with E-state index in [2.05, 4.69) is 10.6 Å². The number of carbonyl (C=O) groups is 4. The highest BCUT2D eigenvalue weighted by Gasteiger charge is 2.68. The summed E-state index contributed by atoms with van der Waals surface area (Å²) in [6.45, 7) is 2.33. The molecule has 0 radical (unpaired) electrons. The first kappa shape index (κ1) is 29.7. The number of phenols is 1. The number of nitrogens with two attached hydrogens (primary N) is 1. The van der Waals surface area contributed by atoms with E-state index >= 15 is 0 Å². The molecular weight excluding hydrogens is 548 g/mol. The lowest BCUT2D eigenvalue weighted by Crippen LogP contribution is -2.70. The first-order chi connectivity index (χ1) is 19.7. The zero-order valence-corrected chi connectivity index (χ0v) is 23.5. The predicted octanol–water partition coefficient (Wildman–Crippen LogP) is -0.176. The Balaban J connectivity index is 1.57. The molecule has 2 saturated carbocycles. The molecule has 5 rings (SSSR count). The fraction of sp³-hybridized carbons (Fsp3) is 0.517. The number of hydrogen-bond acceptors (Lipinski definition) is 11. The van der Waals surface area contributed by atoms with Gasteiger partial charge in [-0.25, -0.2) is 0 Å². The van der Waals surface area contributed by atoms with Crippen molar-refractivity contribution in [3.63, 3.8) is 0 Å². The van der Waals surface area contributed by atoms with Crippen molar-refractivity contribution in [3.8, 4) is 5.75 Å². The number of primary amides is 1. The fourth-order valence-electron chi connectivity index (χ4n) is 7.00. The molecule has 13 heteroatoms. The lowest BCUT2D eigenvalue weighted by molar-refractivity contribution is -0.169. The van der Waals surface area contributed by atoms with Crippen LogP contribution in [0.25, 0.3) is 5.76 Å². The monoisotopic (exact) mass is 584 g/mol. The van der Waals surface area contributed by atoms with Gasteiger partial charge in [-0.2, -0.15) is 0 Å². The summed E-state index contributed by atoms with van der Waals surface area (Å²) in [4.78, 5) is 53.3. The zero-order chi connectivity index (χ0) is 30.8. The van der Waals surface area contributed by atoms with Crippen molar-refractivity contribution in [2.24, 2.45) is 23.5 Å². The minimum absolute atomic E-state index is 0.00274. The van der Waals surface area contributed by atoms with Crippen LogP contribution in [-0.4, -0.2) is 98.7 Å². The number of fused-ring (bicyclic) bond motifs is 3. The number of likely N-dealkylation sites (N-methyl/N-ethyl adjacent to an activating group) is 1. The molecule has 2 amide bonds. The minimum atomic E-state index is -2.99. The van der Waals surface area contributed by atoms with Crippen molar-refractivity contribution in [1.82, 2.24) is 10.2 Å². The molecule has 13 nitrogen and oxygen atoms in total. The molecule has 4 aliphatic rings. The maximum Gasteiger partial charge on any atom is 0.255 e. The fourth-order valence-corrected chi connectivity index (χ4v) is 7.00. The summed E-state index contributed by atoms with van der Waals surface area (Å²) in [7, 11) is 2.89. The summed E-state index contributed by atoms with van der Waals surface area (Å²) in [6, 6.07) is 1.56. The molecule has 0 bridgehead atoms. The van der Waals surface area contributed by atoms with E-state index in [4.69, 9.17) is 5.73 Å². The third kappa shape index (κ3) is 4.22. The lowest BCUT2D eigenvalue weighted by Gasteiger charge is -2.53. The molecule has 1 aromatic carbocycles. The van der Waals surface area contributed by atoms with E-state index in [0.29, 0.717) is 18.0 Å². The summed E-state index contributed by atoms with van der Waals surface area (Å²) in [6.07, 6.45) is 1.72. The summed E-state index contributed by atoms with van der Waals surface area (Å²) in [5.74, 6) is -9.62. The molecule has 9 N–H and O–H groups in total. The number of nitrogens with zero attached hydrogens (tertiary/aromatic N) is 1. The molecule has 6 atom stereocenters. The van der Waals surface area contributed by atoms with E-state index < -0.39 is 87.3 Å². The van der Waals surface area contributed by atoms with E-state index in [-0.39, 0.29) is 17.8 Å². The first-order valence-corrected chi connectivity index (χ1v) is 13.9. The molecule has 0 spiro atoms. The summed E-state index contributed by atoms with van der Waals surface area (Å²) < 4.78 is 0. The Labute approximate surface area is 241 Å². The van der Waals surface area contributed by atoms with Crippen molar-refractivity contribution in [3.05, 3.63) is 40.2 Å². The van der Waals surface area contributed by atoms with E-state index in [1.54, 1.807) is 13.0 Å². The Morgan fingerprint density at radius 3 is 2.38 bits per heavy atom. The summed E-state index contributed by atoms with van der Waals surface area (Å²) >= 11 is 0. The van der Waals surface area contributed by atoms with Crippen LogP contribution in [-0.2, 0) is 19.2 Å². The highest BCUT2D eigenvalue weighted by molar-refractivity contribution is 6.24. The summed E-state index contributed by atoms with van der Waals surface area (Å²) in [5, 5.41) is 62.6. The third-order valence-electron chi connectivity index (χ3n) is 9.35. The van der Waals surface area contributed by atoms with E-state index in [0.717, 1.165) is 12.8 Å². The third-order valence-corrected chi connectivity index (χ3v) is 9.35. The summed E-state index contributed by atoms with van der Waals surface area (Å²) in [5.41, 5.74) is 0.997. The number of aliphatic hydroxyl groups is 4. The van der Waals surface area contributed by atoms with Crippen molar-refractivity contribution in [2.45, 2.75) is 49.9 Å². The van der Waals surface area contributed by atoms with Gasteiger partial charge >= 0.3 is 0 Å². The second kappa shape index (κ2) is 10.5. The Kier molecular flexibility index (Phi) is 7.42. The average Bonchev–Trinajstić information content (AvgIpc) is 2.88. The molecular formula is C29H36N4O9. The van der Waals surface area contributed by atoms with Gasteiger partial charge in [0.2, 0.25) is 11.7 Å². The van der Waals surface area contributed by atoms with Gasteiger partial charge in [-0.3, -0.25) is 24.1 Å². The van der Waals surface area contributed by atoms with Crippen molar-refractivity contribution in [1.29, 1.82) is 0 Å². The zero-order valence-electron chi connectivity index (χ0n) is 23.5. The van der Waals surface area contributed by atoms with Crippen LogP contribution in [0.1, 0.15) is 43.2 Å². The van der Waals surface area contributed by atoms with Crippen molar-refractivity contribution in [2.75, 3.05) is 32.5 Å². The number of ketones is 2. The van der Waals surface area contributed by atoms with Gasteiger partial charge in [0, 0.05) is 11.5 Å². The molecule has 1 aromatic rings. The Hall–Kier alpha value is -3.78. The molecule has 42 heavy (non-hydrogen) atoms. The van der Waals surface area contributed by atoms with Crippen LogP contribution in [0.4, 0.5) is 5.69 Å². The molecule has 0 saturated heterocycles. The lowest BCUT2D eigenvalue weighted by atomic mass is 9.54. The Bertz CT molecular complexity index is 1450. The van der Waals surface area contributed by atoms with Crippen LogP contribution in [0.3, 0.4) is 0 Å². The molecule has 2 fully saturated rings. The van der Waals surface area contributed by atoms with E-state index in [1.807, 2.05) is 0 Å². The normalized spacial score (nSPS) is 31.0. The van der Waals surface area contributed by atoms with Crippen LogP contribution < -0.4 is 16.4 Å². The maximum absolute atomic E-state index is 14.0. The Morgan fingerprint density at radius 2 is 1.81 bits per heavy atom. The van der Waals surface area contributed by atoms with Crippen molar-refractivity contribution < 1.29 is 44.7 Å². The van der Waals surface area contributed by atoms with Crippen LogP contribution in [0.5, 0.6) is 5.75 Å². The number of carbonyl (C=O) groups excluding carboxylic acids is 4. The molecule has 4 aliphatic carbocycles. The topological polar surface area (TPSA) is 223 Å². The number of amides is 2. The number of benzene rings is 1. The molecule has 0 aromatic heterocycles. The van der Waals surface area contributed by atoms with Gasteiger partial charge in [-0.1, -0.05) is 19.4 Å². The smallest absolute Gasteiger partial charge is 0.255 e. The van der Waals surface area contributed by atoms with Gasteiger partial charge in [0.15, 0.2) is 11.4 Å². The first-order valence-electron chi connectivity index (χ1n) is 13.9. The number of phenolic OH excluding ortho intramolecular Hbond substituents is 1.